The van der Waals surface area contributed by atoms with E-state index in [9.17, 15) is 0 Å². The van der Waals surface area contributed by atoms with Crippen LogP contribution in [0.1, 0.15) is 24.3 Å². The molecule has 1 aliphatic rings. The molecule has 0 bridgehead atoms. The molecule has 78 valence electrons. The molecule has 1 aliphatic heterocycles. The Kier molecular flexibility index (Phi) is 2.22. The van der Waals surface area contributed by atoms with E-state index in [-0.39, 0.29) is 0 Å². The van der Waals surface area contributed by atoms with Crippen LogP contribution in [-0.4, -0.2) is 18.1 Å². The van der Waals surface area contributed by atoms with E-state index in [4.69, 9.17) is 0 Å². The summed E-state index contributed by atoms with van der Waals surface area (Å²) in [6, 6.07) is 8.57. The highest BCUT2D eigenvalue weighted by molar-refractivity contribution is 5.83. The number of para-hydroxylation sites is 1. The molecule has 2 heterocycles. The quantitative estimate of drug-likeness (QED) is 0.727. The molecule has 2 nitrogen and oxygen atoms in total. The van der Waals surface area contributed by atoms with Crippen molar-refractivity contribution in [1.29, 1.82) is 0 Å². The Morgan fingerprint density at radius 3 is 3.00 bits per heavy atom. The van der Waals surface area contributed by atoms with Crippen LogP contribution in [0.25, 0.3) is 10.9 Å². The lowest BCUT2D eigenvalue weighted by molar-refractivity contribution is 0.463. The summed E-state index contributed by atoms with van der Waals surface area (Å²) >= 11 is 0. The van der Waals surface area contributed by atoms with Crippen LogP contribution >= 0.6 is 0 Å². The second kappa shape index (κ2) is 3.70. The standard InChI is InChI=1S/C13H16N2/c1-2-6-13-11(5-1)12(9-15-13)10-4-3-7-14-8-10/h1-2,5-6,9-10,14-15H,3-4,7-8H2/t10-/m1/s1. The third kappa shape index (κ3) is 1.55. The van der Waals surface area contributed by atoms with Crippen molar-refractivity contribution in [2.24, 2.45) is 0 Å². The van der Waals surface area contributed by atoms with Gasteiger partial charge in [0.15, 0.2) is 0 Å². The number of H-pyrrole nitrogens is 1. The number of piperidine rings is 1. The molecule has 1 aromatic heterocycles. The Morgan fingerprint density at radius 2 is 2.13 bits per heavy atom. The van der Waals surface area contributed by atoms with Gasteiger partial charge in [0.05, 0.1) is 0 Å². The highest BCUT2D eigenvalue weighted by atomic mass is 14.9. The summed E-state index contributed by atoms with van der Waals surface area (Å²) in [6.45, 7) is 2.31. The van der Waals surface area contributed by atoms with Gasteiger partial charge in [-0.2, -0.15) is 0 Å². The number of aromatic amines is 1. The molecule has 2 aromatic rings. The summed E-state index contributed by atoms with van der Waals surface area (Å²) in [7, 11) is 0. The van der Waals surface area contributed by atoms with Crippen molar-refractivity contribution < 1.29 is 0 Å². The molecular formula is C13H16N2. The van der Waals surface area contributed by atoms with Crippen molar-refractivity contribution in [2.75, 3.05) is 13.1 Å². The number of nitrogens with one attached hydrogen (secondary N) is 2. The first-order chi connectivity index (χ1) is 7.45. The van der Waals surface area contributed by atoms with E-state index in [1.807, 2.05) is 0 Å². The van der Waals surface area contributed by atoms with Crippen LogP contribution in [0.4, 0.5) is 0 Å². The van der Waals surface area contributed by atoms with E-state index in [2.05, 4.69) is 40.8 Å². The number of benzene rings is 1. The molecule has 0 unspecified atom stereocenters. The third-order valence-electron chi connectivity index (χ3n) is 3.36. The highest BCUT2D eigenvalue weighted by Gasteiger charge is 2.17. The van der Waals surface area contributed by atoms with Gasteiger partial charge in [0.1, 0.15) is 0 Å². The summed E-state index contributed by atoms with van der Waals surface area (Å²) in [5.41, 5.74) is 2.75. The van der Waals surface area contributed by atoms with Gasteiger partial charge in [-0.1, -0.05) is 18.2 Å². The van der Waals surface area contributed by atoms with Gasteiger partial charge in [0.25, 0.3) is 0 Å². The zero-order chi connectivity index (χ0) is 10.1. The first-order valence-corrected chi connectivity index (χ1v) is 5.72. The van der Waals surface area contributed by atoms with Crippen molar-refractivity contribution >= 4 is 10.9 Å². The second-order valence-electron chi connectivity index (χ2n) is 4.33. The average Bonchev–Trinajstić information content (AvgIpc) is 2.74. The highest BCUT2D eigenvalue weighted by Crippen LogP contribution is 2.29. The first kappa shape index (κ1) is 8.98. The maximum atomic E-state index is 3.47. The van der Waals surface area contributed by atoms with Gasteiger partial charge in [-0.3, -0.25) is 0 Å². The lowest BCUT2D eigenvalue weighted by atomic mass is 9.91. The molecule has 0 amide bonds. The van der Waals surface area contributed by atoms with E-state index >= 15 is 0 Å². The van der Waals surface area contributed by atoms with Gasteiger partial charge >= 0.3 is 0 Å². The molecule has 1 fully saturated rings. The zero-order valence-corrected chi connectivity index (χ0v) is 8.79. The van der Waals surface area contributed by atoms with Crippen LogP contribution < -0.4 is 5.32 Å². The van der Waals surface area contributed by atoms with Crippen LogP contribution in [0.2, 0.25) is 0 Å². The molecule has 15 heavy (non-hydrogen) atoms. The molecule has 1 atom stereocenters. The minimum atomic E-state index is 0.690. The Labute approximate surface area is 89.7 Å². The summed E-state index contributed by atoms with van der Waals surface area (Å²) in [6.07, 6.45) is 4.79. The van der Waals surface area contributed by atoms with E-state index in [0.29, 0.717) is 5.92 Å². The molecule has 2 N–H and O–H groups in total. The zero-order valence-electron chi connectivity index (χ0n) is 8.79. The first-order valence-electron chi connectivity index (χ1n) is 5.72. The van der Waals surface area contributed by atoms with E-state index in [1.54, 1.807) is 0 Å². The van der Waals surface area contributed by atoms with Crippen LogP contribution in [0.5, 0.6) is 0 Å². The molecule has 0 saturated carbocycles. The minimum absolute atomic E-state index is 0.690. The maximum absolute atomic E-state index is 3.47. The van der Waals surface area contributed by atoms with Crippen LogP contribution in [0.3, 0.4) is 0 Å². The average molecular weight is 200 g/mol. The van der Waals surface area contributed by atoms with Crippen LogP contribution in [0, 0.1) is 0 Å². The Hall–Kier alpha value is -1.28. The van der Waals surface area contributed by atoms with Gasteiger partial charge in [-0.15, -0.1) is 0 Å². The Balaban J connectivity index is 2.02. The Bertz CT molecular complexity index is 452. The fourth-order valence-electron chi connectivity index (χ4n) is 2.55. The van der Waals surface area contributed by atoms with Crippen molar-refractivity contribution in [2.45, 2.75) is 18.8 Å². The van der Waals surface area contributed by atoms with E-state index < -0.39 is 0 Å². The van der Waals surface area contributed by atoms with Crippen molar-refractivity contribution in [1.82, 2.24) is 10.3 Å². The van der Waals surface area contributed by atoms with Crippen LogP contribution in [0.15, 0.2) is 30.5 Å². The van der Waals surface area contributed by atoms with Gasteiger partial charge < -0.3 is 10.3 Å². The summed E-state index contributed by atoms with van der Waals surface area (Å²) in [5.74, 6) is 0.690. The fourth-order valence-corrected chi connectivity index (χ4v) is 2.55. The number of hydrogen-bond donors (Lipinski definition) is 2. The van der Waals surface area contributed by atoms with Crippen molar-refractivity contribution in [3.8, 4) is 0 Å². The third-order valence-corrected chi connectivity index (χ3v) is 3.36. The number of aromatic nitrogens is 1. The number of hydrogen-bond acceptors (Lipinski definition) is 1. The summed E-state index contributed by atoms with van der Waals surface area (Å²) in [4.78, 5) is 3.36. The lowest BCUT2D eigenvalue weighted by Gasteiger charge is -2.22. The molecule has 1 saturated heterocycles. The predicted octanol–water partition coefficient (Wildman–Crippen LogP) is 2.63. The van der Waals surface area contributed by atoms with E-state index in [1.165, 1.54) is 35.9 Å². The van der Waals surface area contributed by atoms with E-state index in [0.717, 1.165) is 6.54 Å². The fraction of sp³-hybridized carbons (Fsp3) is 0.385. The Morgan fingerprint density at radius 1 is 1.20 bits per heavy atom. The smallest absolute Gasteiger partial charge is 0.0456 e. The molecule has 0 radical (unpaired) electrons. The van der Waals surface area contributed by atoms with Gasteiger partial charge in [0, 0.05) is 23.6 Å². The maximum Gasteiger partial charge on any atom is 0.0456 e. The minimum Gasteiger partial charge on any atom is -0.361 e. The van der Waals surface area contributed by atoms with Crippen LogP contribution in [-0.2, 0) is 0 Å². The molecule has 1 aromatic carbocycles. The van der Waals surface area contributed by atoms with Gasteiger partial charge in [-0.05, 0) is 36.9 Å². The monoisotopic (exact) mass is 200 g/mol. The molecule has 3 rings (SSSR count). The predicted molar refractivity (Wildman–Crippen MR) is 63.1 cm³/mol. The van der Waals surface area contributed by atoms with Crippen molar-refractivity contribution in [3.63, 3.8) is 0 Å². The van der Waals surface area contributed by atoms with Gasteiger partial charge in [0.2, 0.25) is 0 Å². The SMILES string of the molecule is c1ccc2c([C@@H]3CCCNC3)c[nH]c2c1. The van der Waals surface area contributed by atoms with Gasteiger partial charge in [-0.25, -0.2) is 0 Å². The topological polar surface area (TPSA) is 27.8 Å². The number of rotatable bonds is 1. The molecular weight excluding hydrogens is 184 g/mol. The lowest BCUT2D eigenvalue weighted by Crippen LogP contribution is -2.28. The molecule has 0 spiro atoms. The summed E-state index contributed by atoms with van der Waals surface area (Å²) < 4.78 is 0. The largest absolute Gasteiger partial charge is 0.361 e. The molecule has 0 aliphatic carbocycles. The number of fused-ring (bicyclic) bond motifs is 1. The normalized spacial score (nSPS) is 22.0. The second-order valence-corrected chi connectivity index (χ2v) is 4.33. The van der Waals surface area contributed by atoms with Crippen molar-refractivity contribution in [3.05, 3.63) is 36.0 Å². The summed E-state index contributed by atoms with van der Waals surface area (Å²) in [5, 5.41) is 4.87. The molecule has 2 heteroatoms.